The van der Waals surface area contributed by atoms with Gasteiger partial charge in [-0.05, 0) is 19.3 Å². The summed E-state index contributed by atoms with van der Waals surface area (Å²) in [5.41, 5.74) is 5.99. The van der Waals surface area contributed by atoms with Crippen LogP contribution in [-0.2, 0) is 0 Å². The van der Waals surface area contributed by atoms with E-state index in [0.29, 0.717) is 10.8 Å². The molecule has 0 atom stereocenters. The lowest BCUT2D eigenvalue weighted by atomic mass is 9.78. The monoisotopic (exact) mass is 212 g/mol. The Morgan fingerprint density at radius 2 is 2.36 bits per heavy atom. The average Bonchev–Trinajstić information content (AvgIpc) is 2.14. The van der Waals surface area contributed by atoms with Crippen molar-refractivity contribution in [3.05, 3.63) is 17.5 Å². The third kappa shape index (κ3) is 1.96. The van der Waals surface area contributed by atoms with Crippen molar-refractivity contribution in [2.24, 2.45) is 5.73 Å². The van der Waals surface area contributed by atoms with Crippen molar-refractivity contribution in [2.45, 2.75) is 24.8 Å². The first-order valence-electron chi connectivity index (χ1n) is 4.68. The van der Waals surface area contributed by atoms with Crippen molar-refractivity contribution in [1.82, 2.24) is 9.97 Å². The van der Waals surface area contributed by atoms with Gasteiger partial charge in [-0.2, -0.15) is 0 Å². The minimum Gasteiger partial charge on any atom is -0.367 e. The summed E-state index contributed by atoms with van der Waals surface area (Å²) < 4.78 is 0. The molecular formula is C9H13ClN4. The van der Waals surface area contributed by atoms with Crippen LogP contribution in [0.4, 0.5) is 5.82 Å². The highest BCUT2D eigenvalue weighted by Crippen LogP contribution is 2.29. The van der Waals surface area contributed by atoms with E-state index in [2.05, 4.69) is 15.3 Å². The molecule has 0 aliphatic heterocycles. The molecule has 5 heteroatoms. The van der Waals surface area contributed by atoms with Crippen molar-refractivity contribution in [1.29, 1.82) is 0 Å². The number of nitrogens with two attached hydrogens (primary N) is 1. The SMILES string of the molecule is NC1(CNc2ncncc2Cl)CCC1. The van der Waals surface area contributed by atoms with Gasteiger partial charge in [-0.15, -0.1) is 0 Å². The molecule has 14 heavy (non-hydrogen) atoms. The molecule has 1 aliphatic carbocycles. The third-order valence-corrected chi connectivity index (χ3v) is 2.90. The summed E-state index contributed by atoms with van der Waals surface area (Å²) >= 11 is 5.89. The number of nitrogens with zero attached hydrogens (tertiary/aromatic N) is 2. The highest BCUT2D eigenvalue weighted by Gasteiger charge is 2.32. The van der Waals surface area contributed by atoms with Gasteiger partial charge in [0.15, 0.2) is 0 Å². The van der Waals surface area contributed by atoms with Crippen LogP contribution in [0.2, 0.25) is 5.02 Å². The zero-order valence-corrected chi connectivity index (χ0v) is 8.59. The van der Waals surface area contributed by atoms with E-state index < -0.39 is 0 Å². The average molecular weight is 213 g/mol. The van der Waals surface area contributed by atoms with Crippen LogP contribution in [0.3, 0.4) is 0 Å². The first kappa shape index (κ1) is 9.68. The lowest BCUT2D eigenvalue weighted by Gasteiger charge is -2.38. The van der Waals surface area contributed by atoms with Crippen molar-refractivity contribution in [3.8, 4) is 0 Å². The van der Waals surface area contributed by atoms with E-state index in [1.54, 1.807) is 6.20 Å². The maximum absolute atomic E-state index is 6.05. The Morgan fingerprint density at radius 1 is 1.57 bits per heavy atom. The van der Waals surface area contributed by atoms with Gasteiger partial charge in [0.05, 0.1) is 6.20 Å². The summed E-state index contributed by atoms with van der Waals surface area (Å²) in [5, 5.41) is 3.68. The maximum Gasteiger partial charge on any atom is 0.148 e. The third-order valence-electron chi connectivity index (χ3n) is 2.62. The Bertz CT molecular complexity index is 324. The van der Waals surface area contributed by atoms with Crippen LogP contribution in [0.15, 0.2) is 12.5 Å². The van der Waals surface area contributed by atoms with Crippen molar-refractivity contribution in [3.63, 3.8) is 0 Å². The predicted octanol–water partition coefficient (Wildman–Crippen LogP) is 1.42. The maximum atomic E-state index is 6.05. The number of aromatic nitrogens is 2. The van der Waals surface area contributed by atoms with Crippen LogP contribution in [0.5, 0.6) is 0 Å². The standard InChI is InChI=1S/C9H13ClN4/c10-7-4-12-6-14-8(7)13-5-9(11)2-1-3-9/h4,6H,1-3,5,11H2,(H,12,13,14). The van der Waals surface area contributed by atoms with Gasteiger partial charge in [0, 0.05) is 12.1 Å². The fourth-order valence-corrected chi connectivity index (χ4v) is 1.68. The molecule has 3 N–H and O–H groups in total. The molecule has 0 aromatic carbocycles. The molecule has 1 saturated carbocycles. The van der Waals surface area contributed by atoms with Gasteiger partial charge in [-0.1, -0.05) is 11.6 Å². The molecule has 0 radical (unpaired) electrons. The fourth-order valence-electron chi connectivity index (χ4n) is 1.51. The second kappa shape index (κ2) is 3.71. The number of halogens is 1. The molecule has 1 aromatic rings. The molecule has 0 amide bonds. The smallest absolute Gasteiger partial charge is 0.148 e. The van der Waals surface area contributed by atoms with E-state index in [1.165, 1.54) is 12.7 Å². The van der Waals surface area contributed by atoms with Crippen molar-refractivity contribution >= 4 is 17.4 Å². The zero-order valence-electron chi connectivity index (χ0n) is 7.83. The highest BCUT2D eigenvalue weighted by atomic mass is 35.5. The van der Waals surface area contributed by atoms with Gasteiger partial charge >= 0.3 is 0 Å². The van der Waals surface area contributed by atoms with Gasteiger partial charge in [0.25, 0.3) is 0 Å². The van der Waals surface area contributed by atoms with Crippen LogP contribution in [0.25, 0.3) is 0 Å². The van der Waals surface area contributed by atoms with E-state index >= 15 is 0 Å². The summed E-state index contributed by atoms with van der Waals surface area (Å²) in [7, 11) is 0. The molecule has 76 valence electrons. The largest absolute Gasteiger partial charge is 0.367 e. The van der Waals surface area contributed by atoms with Gasteiger partial charge in [0.1, 0.15) is 17.2 Å². The molecule has 2 rings (SSSR count). The Kier molecular flexibility index (Phi) is 2.56. The van der Waals surface area contributed by atoms with Crippen LogP contribution in [0.1, 0.15) is 19.3 Å². The fraction of sp³-hybridized carbons (Fsp3) is 0.556. The lowest BCUT2D eigenvalue weighted by molar-refractivity contribution is 0.265. The molecule has 1 heterocycles. The summed E-state index contributed by atoms with van der Waals surface area (Å²) in [4.78, 5) is 7.84. The molecule has 4 nitrogen and oxygen atoms in total. The van der Waals surface area contributed by atoms with E-state index in [1.807, 2.05) is 0 Å². The Morgan fingerprint density at radius 3 is 2.93 bits per heavy atom. The number of anilines is 1. The predicted molar refractivity (Wildman–Crippen MR) is 56.3 cm³/mol. The Labute approximate surface area is 87.9 Å². The molecule has 0 saturated heterocycles. The van der Waals surface area contributed by atoms with Gasteiger partial charge < -0.3 is 11.1 Å². The second-order valence-electron chi connectivity index (χ2n) is 3.79. The molecule has 1 aliphatic rings. The quantitative estimate of drug-likeness (QED) is 0.796. The van der Waals surface area contributed by atoms with Crippen LogP contribution in [-0.4, -0.2) is 22.1 Å². The summed E-state index contributed by atoms with van der Waals surface area (Å²) in [6.45, 7) is 0.726. The molecule has 0 spiro atoms. The molecule has 0 bridgehead atoms. The Hall–Kier alpha value is -0.870. The van der Waals surface area contributed by atoms with Crippen molar-refractivity contribution in [2.75, 3.05) is 11.9 Å². The van der Waals surface area contributed by atoms with Crippen LogP contribution >= 0.6 is 11.6 Å². The minimum absolute atomic E-state index is 0.0612. The minimum atomic E-state index is -0.0612. The summed E-state index contributed by atoms with van der Waals surface area (Å²) in [6.07, 6.45) is 6.40. The van der Waals surface area contributed by atoms with E-state index in [-0.39, 0.29) is 5.54 Å². The molecule has 1 aromatic heterocycles. The number of hydrogen-bond acceptors (Lipinski definition) is 4. The van der Waals surface area contributed by atoms with Crippen molar-refractivity contribution < 1.29 is 0 Å². The summed E-state index contributed by atoms with van der Waals surface area (Å²) in [5.74, 6) is 0.665. The van der Waals surface area contributed by atoms with Gasteiger partial charge in [-0.25, -0.2) is 9.97 Å². The number of rotatable bonds is 3. The molecule has 1 fully saturated rings. The summed E-state index contributed by atoms with van der Waals surface area (Å²) in [6, 6.07) is 0. The Balaban J connectivity index is 1.95. The van der Waals surface area contributed by atoms with E-state index in [4.69, 9.17) is 17.3 Å². The molecular weight excluding hydrogens is 200 g/mol. The second-order valence-corrected chi connectivity index (χ2v) is 4.20. The number of nitrogens with one attached hydrogen (secondary N) is 1. The first-order chi connectivity index (χ1) is 6.70. The van der Waals surface area contributed by atoms with Crippen LogP contribution in [0, 0.1) is 0 Å². The normalized spacial score (nSPS) is 18.7. The topological polar surface area (TPSA) is 63.8 Å². The van der Waals surface area contributed by atoms with Gasteiger partial charge in [-0.3, -0.25) is 0 Å². The number of hydrogen-bond donors (Lipinski definition) is 2. The first-order valence-corrected chi connectivity index (χ1v) is 5.06. The van der Waals surface area contributed by atoms with Gasteiger partial charge in [0.2, 0.25) is 0 Å². The highest BCUT2D eigenvalue weighted by molar-refractivity contribution is 6.32. The molecule has 0 unspecified atom stereocenters. The van der Waals surface area contributed by atoms with E-state index in [9.17, 15) is 0 Å². The lowest BCUT2D eigenvalue weighted by Crippen LogP contribution is -2.52. The van der Waals surface area contributed by atoms with Crippen LogP contribution < -0.4 is 11.1 Å². The zero-order chi connectivity index (χ0) is 10.0. The van der Waals surface area contributed by atoms with E-state index in [0.717, 1.165) is 19.4 Å².